The van der Waals surface area contributed by atoms with Crippen LogP contribution in [0.5, 0.6) is 0 Å². The Balaban J connectivity index is 1.59. The molecule has 144 valence electrons. The molecule has 28 heavy (non-hydrogen) atoms. The number of carbonyl (C=O) groups excluding carboxylic acids is 1. The number of hydrogen-bond acceptors (Lipinski definition) is 4. The second-order valence-electron chi connectivity index (χ2n) is 6.51. The molecule has 0 atom stereocenters. The SMILES string of the molecule is CN(C)c1ccc(C(=O)NCCn2cnc(-c3ccc(F)cc3)cc2=O)cc1. The number of benzene rings is 2. The molecule has 0 radical (unpaired) electrons. The largest absolute Gasteiger partial charge is 0.378 e. The van der Waals surface area contributed by atoms with Crippen LogP contribution in [0.1, 0.15) is 10.4 Å². The predicted molar refractivity (Wildman–Crippen MR) is 107 cm³/mol. The lowest BCUT2D eigenvalue weighted by Crippen LogP contribution is -2.30. The molecule has 0 aliphatic heterocycles. The summed E-state index contributed by atoms with van der Waals surface area (Å²) in [6, 6.07) is 14.5. The van der Waals surface area contributed by atoms with E-state index in [1.54, 1.807) is 24.3 Å². The van der Waals surface area contributed by atoms with Gasteiger partial charge in [0, 0.05) is 50.1 Å². The first-order valence-corrected chi connectivity index (χ1v) is 8.82. The first kappa shape index (κ1) is 19.3. The molecule has 1 heterocycles. The molecule has 0 aliphatic carbocycles. The minimum Gasteiger partial charge on any atom is -0.378 e. The van der Waals surface area contributed by atoms with Gasteiger partial charge in [-0.25, -0.2) is 9.37 Å². The van der Waals surface area contributed by atoms with Crippen LogP contribution in [-0.4, -0.2) is 36.1 Å². The average Bonchev–Trinajstić information content (AvgIpc) is 2.69. The number of amides is 1. The number of hydrogen-bond donors (Lipinski definition) is 1. The van der Waals surface area contributed by atoms with E-state index in [1.165, 1.54) is 29.1 Å². The molecule has 1 amide bonds. The standard InChI is InChI=1S/C21H21FN4O2/c1-25(2)18-9-5-16(6-10-18)21(28)23-11-12-26-14-24-19(13-20(26)27)15-3-7-17(22)8-4-15/h3-10,13-14H,11-12H2,1-2H3,(H,23,28). The summed E-state index contributed by atoms with van der Waals surface area (Å²) in [5.74, 6) is -0.543. The molecule has 0 bridgehead atoms. The van der Waals surface area contributed by atoms with Crippen molar-refractivity contribution >= 4 is 11.6 Å². The maximum Gasteiger partial charge on any atom is 0.253 e. The monoisotopic (exact) mass is 380 g/mol. The van der Waals surface area contributed by atoms with Gasteiger partial charge in [-0.1, -0.05) is 0 Å². The van der Waals surface area contributed by atoms with Crippen molar-refractivity contribution < 1.29 is 9.18 Å². The van der Waals surface area contributed by atoms with E-state index >= 15 is 0 Å². The van der Waals surface area contributed by atoms with Crippen molar-refractivity contribution in [1.29, 1.82) is 0 Å². The van der Waals surface area contributed by atoms with Gasteiger partial charge in [-0.05, 0) is 48.5 Å². The van der Waals surface area contributed by atoms with Gasteiger partial charge in [0.2, 0.25) is 0 Å². The normalized spacial score (nSPS) is 10.5. The number of nitrogens with zero attached hydrogens (tertiary/aromatic N) is 3. The summed E-state index contributed by atoms with van der Waals surface area (Å²) < 4.78 is 14.4. The van der Waals surface area contributed by atoms with Crippen molar-refractivity contribution in [1.82, 2.24) is 14.9 Å². The highest BCUT2D eigenvalue weighted by molar-refractivity contribution is 5.94. The van der Waals surface area contributed by atoms with Crippen LogP contribution >= 0.6 is 0 Å². The Bertz CT molecular complexity index is 1010. The molecular weight excluding hydrogens is 359 g/mol. The van der Waals surface area contributed by atoms with Crippen LogP contribution in [0.3, 0.4) is 0 Å². The minimum atomic E-state index is -0.343. The number of nitrogens with one attached hydrogen (secondary N) is 1. The van der Waals surface area contributed by atoms with Gasteiger partial charge in [0.15, 0.2) is 0 Å². The molecule has 3 rings (SSSR count). The first-order chi connectivity index (χ1) is 13.4. The lowest BCUT2D eigenvalue weighted by Gasteiger charge is -2.13. The van der Waals surface area contributed by atoms with Crippen molar-refractivity contribution in [2.45, 2.75) is 6.54 Å². The van der Waals surface area contributed by atoms with Gasteiger partial charge in [0.05, 0.1) is 12.0 Å². The van der Waals surface area contributed by atoms with Gasteiger partial charge in [0.1, 0.15) is 5.82 Å². The van der Waals surface area contributed by atoms with E-state index in [-0.39, 0.29) is 17.3 Å². The van der Waals surface area contributed by atoms with Gasteiger partial charge in [0.25, 0.3) is 11.5 Å². The zero-order valence-electron chi connectivity index (χ0n) is 15.7. The van der Waals surface area contributed by atoms with Crippen molar-refractivity contribution in [2.75, 3.05) is 25.5 Å². The highest BCUT2D eigenvalue weighted by Crippen LogP contribution is 2.15. The van der Waals surface area contributed by atoms with Crippen LogP contribution in [0, 0.1) is 5.82 Å². The van der Waals surface area contributed by atoms with Crippen molar-refractivity contribution in [3.63, 3.8) is 0 Å². The van der Waals surface area contributed by atoms with E-state index in [0.717, 1.165) is 5.69 Å². The van der Waals surface area contributed by atoms with E-state index in [9.17, 15) is 14.0 Å². The van der Waals surface area contributed by atoms with Crippen molar-refractivity contribution in [2.24, 2.45) is 0 Å². The Morgan fingerprint density at radius 1 is 1.11 bits per heavy atom. The Kier molecular flexibility index (Phi) is 5.84. The fourth-order valence-corrected chi connectivity index (χ4v) is 2.68. The molecular formula is C21H21FN4O2. The quantitative estimate of drug-likeness (QED) is 0.714. The van der Waals surface area contributed by atoms with Crippen molar-refractivity contribution in [3.05, 3.63) is 82.7 Å². The Hall–Kier alpha value is -3.48. The maximum atomic E-state index is 13.0. The maximum absolute atomic E-state index is 13.0. The van der Waals surface area contributed by atoms with E-state index in [4.69, 9.17) is 0 Å². The molecule has 1 aromatic heterocycles. The topological polar surface area (TPSA) is 67.2 Å². The second kappa shape index (κ2) is 8.47. The van der Waals surface area contributed by atoms with Crippen LogP contribution in [0.4, 0.5) is 10.1 Å². The summed E-state index contributed by atoms with van der Waals surface area (Å²) in [4.78, 5) is 30.7. The summed E-state index contributed by atoms with van der Waals surface area (Å²) in [7, 11) is 3.87. The molecule has 0 unspecified atom stereocenters. The number of anilines is 1. The fourth-order valence-electron chi connectivity index (χ4n) is 2.68. The van der Waals surface area contributed by atoms with Gasteiger partial charge in [-0.3, -0.25) is 14.2 Å². The molecule has 2 aromatic carbocycles. The highest BCUT2D eigenvalue weighted by atomic mass is 19.1. The van der Waals surface area contributed by atoms with E-state index in [1.807, 2.05) is 31.1 Å². The van der Waals surface area contributed by atoms with Crippen LogP contribution in [0.25, 0.3) is 11.3 Å². The summed E-state index contributed by atoms with van der Waals surface area (Å²) in [6.07, 6.45) is 1.43. The van der Waals surface area contributed by atoms with E-state index < -0.39 is 0 Å². The summed E-state index contributed by atoms with van der Waals surface area (Å²) in [5.41, 5.74) is 2.48. The Labute approximate surface area is 162 Å². The third-order valence-corrected chi connectivity index (χ3v) is 4.30. The lowest BCUT2D eigenvalue weighted by atomic mass is 10.1. The third-order valence-electron chi connectivity index (χ3n) is 4.30. The number of aromatic nitrogens is 2. The van der Waals surface area contributed by atoms with Crippen LogP contribution in [0.2, 0.25) is 0 Å². The van der Waals surface area contributed by atoms with Gasteiger partial charge in [-0.15, -0.1) is 0 Å². The Morgan fingerprint density at radius 3 is 2.39 bits per heavy atom. The lowest BCUT2D eigenvalue weighted by molar-refractivity contribution is 0.0952. The number of halogens is 1. The molecule has 0 aliphatic rings. The molecule has 0 saturated heterocycles. The van der Waals surface area contributed by atoms with E-state index in [2.05, 4.69) is 10.3 Å². The minimum absolute atomic E-state index is 0.200. The van der Waals surface area contributed by atoms with Gasteiger partial charge in [-0.2, -0.15) is 0 Å². The molecule has 6 nitrogen and oxygen atoms in total. The summed E-state index contributed by atoms with van der Waals surface area (Å²) >= 11 is 0. The molecule has 3 aromatic rings. The number of carbonyl (C=O) groups is 1. The molecule has 7 heteroatoms. The van der Waals surface area contributed by atoms with E-state index in [0.29, 0.717) is 29.9 Å². The number of rotatable bonds is 6. The van der Waals surface area contributed by atoms with Crippen LogP contribution in [0.15, 0.2) is 65.7 Å². The zero-order chi connectivity index (χ0) is 20.1. The predicted octanol–water partition coefficient (Wildman–Crippen LogP) is 2.55. The molecule has 0 spiro atoms. The van der Waals surface area contributed by atoms with Gasteiger partial charge >= 0.3 is 0 Å². The molecule has 0 fully saturated rings. The van der Waals surface area contributed by atoms with Crippen LogP contribution in [-0.2, 0) is 6.54 Å². The smallest absolute Gasteiger partial charge is 0.253 e. The molecule has 0 saturated carbocycles. The fraction of sp³-hybridized carbons (Fsp3) is 0.190. The third kappa shape index (κ3) is 4.62. The first-order valence-electron chi connectivity index (χ1n) is 8.82. The summed E-state index contributed by atoms with van der Waals surface area (Å²) in [6.45, 7) is 0.600. The molecule has 1 N–H and O–H groups in total. The zero-order valence-corrected chi connectivity index (χ0v) is 15.7. The van der Waals surface area contributed by atoms with Gasteiger partial charge < -0.3 is 10.2 Å². The second-order valence-corrected chi connectivity index (χ2v) is 6.51. The summed E-state index contributed by atoms with van der Waals surface area (Å²) in [5, 5.41) is 2.79. The Morgan fingerprint density at radius 2 is 1.79 bits per heavy atom. The van der Waals surface area contributed by atoms with Crippen LogP contribution < -0.4 is 15.8 Å². The van der Waals surface area contributed by atoms with Crippen molar-refractivity contribution in [3.8, 4) is 11.3 Å². The highest BCUT2D eigenvalue weighted by Gasteiger charge is 2.07. The average molecular weight is 380 g/mol.